The molecule has 0 bridgehead atoms. The molecule has 2 nitrogen and oxygen atoms in total. The molecule has 0 unspecified atom stereocenters. The van der Waals surface area contributed by atoms with Gasteiger partial charge >= 0.3 is 0 Å². The lowest BCUT2D eigenvalue weighted by molar-refractivity contribution is -0.150. The molecule has 1 fully saturated rings. The summed E-state index contributed by atoms with van der Waals surface area (Å²) in [5, 5.41) is 21.3. The molecule has 0 amide bonds. The lowest BCUT2D eigenvalue weighted by Crippen LogP contribution is -2.56. The second-order valence-corrected chi connectivity index (χ2v) is 9.03. The fourth-order valence-electron chi connectivity index (χ4n) is 5.31. The number of allylic oxidation sites excluding steroid dienone is 2. The molecule has 22 heavy (non-hydrogen) atoms. The van der Waals surface area contributed by atoms with Crippen LogP contribution in [0, 0.1) is 22.7 Å². The SMILES string of the molecule is C=C[C@](C)(O)CC[C@@H]1[C@@]2(C)CC=CC(C)(C)[C@@H]2CC[C@@]1(C)O. The molecule has 0 aromatic heterocycles. The number of fused-ring (bicyclic) bond motifs is 1. The van der Waals surface area contributed by atoms with E-state index in [9.17, 15) is 10.2 Å². The molecule has 0 saturated heterocycles. The number of hydrogen-bond donors (Lipinski definition) is 2. The summed E-state index contributed by atoms with van der Waals surface area (Å²) in [4.78, 5) is 0. The molecule has 0 aromatic rings. The van der Waals surface area contributed by atoms with Crippen molar-refractivity contribution in [1.29, 1.82) is 0 Å². The van der Waals surface area contributed by atoms with Gasteiger partial charge in [0.25, 0.3) is 0 Å². The van der Waals surface area contributed by atoms with Crippen molar-refractivity contribution in [3.05, 3.63) is 24.8 Å². The molecule has 0 aromatic carbocycles. The van der Waals surface area contributed by atoms with E-state index in [2.05, 4.69) is 39.5 Å². The number of aliphatic hydroxyl groups is 2. The van der Waals surface area contributed by atoms with Crippen LogP contribution in [-0.4, -0.2) is 21.4 Å². The van der Waals surface area contributed by atoms with Crippen LogP contribution < -0.4 is 0 Å². The average Bonchev–Trinajstić information content (AvgIpc) is 2.35. The van der Waals surface area contributed by atoms with Crippen molar-refractivity contribution in [2.75, 3.05) is 0 Å². The minimum atomic E-state index is -0.848. The third-order valence-corrected chi connectivity index (χ3v) is 6.66. The zero-order valence-electron chi connectivity index (χ0n) is 15.0. The maximum Gasteiger partial charge on any atom is 0.0797 e. The summed E-state index contributed by atoms with van der Waals surface area (Å²) in [5.74, 6) is 0.790. The van der Waals surface area contributed by atoms with E-state index in [1.54, 1.807) is 6.08 Å². The number of rotatable bonds is 4. The van der Waals surface area contributed by atoms with E-state index in [1.165, 1.54) is 0 Å². The van der Waals surface area contributed by atoms with Gasteiger partial charge in [-0.25, -0.2) is 0 Å². The minimum absolute atomic E-state index is 0.0945. The van der Waals surface area contributed by atoms with Gasteiger partial charge in [-0.1, -0.05) is 39.0 Å². The first-order valence-corrected chi connectivity index (χ1v) is 8.71. The van der Waals surface area contributed by atoms with Crippen LogP contribution in [0.1, 0.15) is 66.7 Å². The van der Waals surface area contributed by atoms with E-state index in [-0.39, 0.29) is 16.7 Å². The van der Waals surface area contributed by atoms with Gasteiger partial charge in [-0.3, -0.25) is 0 Å². The summed E-state index contributed by atoms with van der Waals surface area (Å²) >= 11 is 0. The Morgan fingerprint density at radius 2 is 1.95 bits per heavy atom. The largest absolute Gasteiger partial charge is 0.390 e. The van der Waals surface area contributed by atoms with Gasteiger partial charge in [-0.05, 0) is 68.6 Å². The zero-order valence-corrected chi connectivity index (χ0v) is 15.0. The zero-order chi connectivity index (χ0) is 16.8. The standard InChI is InChI=1S/C20H34O2/c1-7-18(4,21)13-9-16-19(5)12-8-11-17(2,3)15(19)10-14-20(16,6)22/h7-8,11,15-16,21-22H,1,9-10,12-14H2,2-6H3/t15-,16+,18-,19-,20+/m0/s1. The topological polar surface area (TPSA) is 40.5 Å². The highest BCUT2D eigenvalue weighted by atomic mass is 16.3. The van der Waals surface area contributed by atoms with Crippen molar-refractivity contribution in [2.24, 2.45) is 22.7 Å². The maximum absolute atomic E-state index is 11.0. The fourth-order valence-corrected chi connectivity index (χ4v) is 5.31. The predicted octanol–water partition coefficient (Wildman–Crippen LogP) is 4.47. The molecule has 0 heterocycles. The van der Waals surface area contributed by atoms with Crippen LogP contribution in [0.25, 0.3) is 0 Å². The Hall–Kier alpha value is -0.600. The predicted molar refractivity (Wildman–Crippen MR) is 92.5 cm³/mol. The van der Waals surface area contributed by atoms with Gasteiger partial charge in [0.2, 0.25) is 0 Å². The highest BCUT2D eigenvalue weighted by Gasteiger charge is 2.56. The summed E-state index contributed by atoms with van der Waals surface area (Å²) in [6.45, 7) is 14.5. The van der Waals surface area contributed by atoms with Crippen molar-refractivity contribution in [1.82, 2.24) is 0 Å². The van der Waals surface area contributed by atoms with Gasteiger partial charge in [-0.15, -0.1) is 6.58 Å². The quantitative estimate of drug-likeness (QED) is 0.752. The van der Waals surface area contributed by atoms with Crippen molar-refractivity contribution in [2.45, 2.75) is 77.9 Å². The second kappa shape index (κ2) is 5.49. The Morgan fingerprint density at radius 3 is 2.55 bits per heavy atom. The van der Waals surface area contributed by atoms with E-state index in [0.29, 0.717) is 12.3 Å². The Bertz CT molecular complexity index is 458. The van der Waals surface area contributed by atoms with Crippen LogP contribution >= 0.6 is 0 Å². The Kier molecular flexibility index (Phi) is 4.43. The van der Waals surface area contributed by atoms with Gasteiger partial charge in [0.05, 0.1) is 11.2 Å². The Labute approximate surface area is 136 Å². The molecule has 5 atom stereocenters. The second-order valence-electron chi connectivity index (χ2n) is 9.03. The smallest absolute Gasteiger partial charge is 0.0797 e. The summed E-state index contributed by atoms with van der Waals surface area (Å²) < 4.78 is 0. The van der Waals surface area contributed by atoms with Crippen LogP contribution in [0.5, 0.6) is 0 Å². The van der Waals surface area contributed by atoms with Gasteiger partial charge in [0.1, 0.15) is 0 Å². The Balaban J connectivity index is 2.31. The monoisotopic (exact) mass is 306 g/mol. The lowest BCUT2D eigenvalue weighted by atomic mass is 9.46. The van der Waals surface area contributed by atoms with Crippen molar-refractivity contribution in [3.8, 4) is 0 Å². The van der Waals surface area contributed by atoms with E-state index < -0.39 is 11.2 Å². The molecule has 126 valence electrons. The highest BCUT2D eigenvalue weighted by molar-refractivity contribution is 5.16. The summed E-state index contributed by atoms with van der Waals surface area (Å²) in [6.07, 6.45) is 10.7. The molecule has 2 heteroatoms. The third kappa shape index (κ3) is 3.05. The lowest BCUT2D eigenvalue weighted by Gasteiger charge is -2.59. The van der Waals surface area contributed by atoms with Crippen LogP contribution in [-0.2, 0) is 0 Å². The minimum Gasteiger partial charge on any atom is -0.390 e. The van der Waals surface area contributed by atoms with Gasteiger partial charge < -0.3 is 10.2 Å². The normalized spacial score (nSPS) is 43.2. The van der Waals surface area contributed by atoms with Crippen molar-refractivity contribution >= 4 is 0 Å². The molecule has 1 saturated carbocycles. The molecule has 0 radical (unpaired) electrons. The van der Waals surface area contributed by atoms with Gasteiger partial charge in [-0.2, -0.15) is 0 Å². The molecule has 2 aliphatic rings. The van der Waals surface area contributed by atoms with E-state index >= 15 is 0 Å². The first-order valence-electron chi connectivity index (χ1n) is 8.71. The maximum atomic E-state index is 11.0. The van der Waals surface area contributed by atoms with Crippen LogP contribution in [0.4, 0.5) is 0 Å². The number of hydrogen-bond acceptors (Lipinski definition) is 2. The van der Waals surface area contributed by atoms with E-state index in [4.69, 9.17) is 0 Å². The van der Waals surface area contributed by atoms with Crippen LogP contribution in [0.2, 0.25) is 0 Å². The Morgan fingerprint density at radius 1 is 1.32 bits per heavy atom. The third-order valence-electron chi connectivity index (χ3n) is 6.66. The molecule has 2 rings (SSSR count). The summed E-state index contributed by atoms with van der Waals surface area (Å²) in [5.41, 5.74) is -1.22. The fraction of sp³-hybridized carbons (Fsp3) is 0.800. The molecular formula is C20H34O2. The molecule has 2 N–H and O–H groups in total. The summed E-state index contributed by atoms with van der Waals surface area (Å²) in [7, 11) is 0. The van der Waals surface area contributed by atoms with Crippen molar-refractivity contribution < 1.29 is 10.2 Å². The van der Waals surface area contributed by atoms with E-state index in [0.717, 1.165) is 25.7 Å². The van der Waals surface area contributed by atoms with E-state index in [1.807, 2.05) is 13.8 Å². The highest BCUT2D eigenvalue weighted by Crippen LogP contribution is 2.61. The molecule has 0 aliphatic heterocycles. The first-order chi connectivity index (χ1) is 9.95. The summed E-state index contributed by atoms with van der Waals surface area (Å²) in [6, 6.07) is 0. The molecular weight excluding hydrogens is 272 g/mol. The molecule has 2 aliphatic carbocycles. The van der Waals surface area contributed by atoms with Gasteiger partial charge in [0, 0.05) is 0 Å². The van der Waals surface area contributed by atoms with Crippen molar-refractivity contribution in [3.63, 3.8) is 0 Å². The first kappa shape index (κ1) is 17.7. The van der Waals surface area contributed by atoms with Gasteiger partial charge in [0.15, 0.2) is 0 Å². The van der Waals surface area contributed by atoms with Crippen LogP contribution in [0.15, 0.2) is 24.8 Å². The molecule has 0 spiro atoms. The van der Waals surface area contributed by atoms with Crippen LogP contribution in [0.3, 0.4) is 0 Å². The average molecular weight is 306 g/mol.